The first-order valence-electron chi connectivity index (χ1n) is 6.88. The fourth-order valence-corrected chi connectivity index (χ4v) is 1.82. The second kappa shape index (κ2) is 6.40. The van der Waals surface area contributed by atoms with Gasteiger partial charge in [-0.2, -0.15) is 0 Å². The second-order valence-electron chi connectivity index (χ2n) is 5.69. The molecule has 0 atom stereocenters. The van der Waals surface area contributed by atoms with Crippen molar-refractivity contribution in [3.8, 4) is 11.8 Å². The number of nitrogens with one attached hydrogen (secondary N) is 2. The Morgan fingerprint density at radius 2 is 2.09 bits per heavy atom. The predicted octanol–water partition coefficient (Wildman–Crippen LogP) is 1.36. The number of H-pyrrole nitrogens is 1. The second-order valence-corrected chi connectivity index (χ2v) is 5.69. The molecule has 7 nitrogen and oxygen atoms in total. The lowest BCUT2D eigenvalue weighted by Gasteiger charge is -2.19. The first-order valence-corrected chi connectivity index (χ1v) is 6.88. The van der Waals surface area contributed by atoms with Gasteiger partial charge in [0.05, 0.1) is 17.4 Å². The summed E-state index contributed by atoms with van der Waals surface area (Å²) in [5, 5.41) is 2.68. The van der Waals surface area contributed by atoms with E-state index in [1.54, 1.807) is 39.0 Å². The van der Waals surface area contributed by atoms with Crippen molar-refractivity contribution in [3.05, 3.63) is 44.7 Å². The molecule has 0 saturated heterocycles. The molecule has 2 aromatic rings. The molecule has 2 rings (SSSR count). The van der Waals surface area contributed by atoms with Crippen LogP contribution in [0.1, 0.15) is 26.3 Å². The van der Waals surface area contributed by atoms with E-state index in [0.717, 1.165) is 0 Å². The van der Waals surface area contributed by atoms with Gasteiger partial charge in [0.15, 0.2) is 0 Å². The maximum Gasteiger partial charge on any atom is 0.419 e. The molecule has 0 radical (unpaired) electrons. The standard InChI is InChI=1S/C16H16N2O5/c1-16(2,3)23-14(20)17-9-5-7-10-6-4-8-11-12(10)13(19)22-15(21)18-11/h4,6,8H,9H2,1-3H3,(H,17,20)(H,18,21). The monoisotopic (exact) mass is 316 g/mol. The average molecular weight is 316 g/mol. The molecule has 23 heavy (non-hydrogen) atoms. The number of amides is 1. The van der Waals surface area contributed by atoms with Crippen LogP contribution < -0.4 is 16.7 Å². The largest absolute Gasteiger partial charge is 0.444 e. The van der Waals surface area contributed by atoms with Gasteiger partial charge in [0.1, 0.15) is 5.60 Å². The molecule has 2 N–H and O–H groups in total. The molecule has 7 heteroatoms. The van der Waals surface area contributed by atoms with E-state index in [0.29, 0.717) is 11.1 Å². The molecule has 120 valence electrons. The zero-order chi connectivity index (χ0) is 17.0. The summed E-state index contributed by atoms with van der Waals surface area (Å²) < 4.78 is 9.58. The van der Waals surface area contributed by atoms with Crippen molar-refractivity contribution in [2.45, 2.75) is 26.4 Å². The van der Waals surface area contributed by atoms with Gasteiger partial charge in [-0.1, -0.05) is 17.9 Å². The summed E-state index contributed by atoms with van der Waals surface area (Å²) in [7, 11) is 0. The van der Waals surface area contributed by atoms with Crippen molar-refractivity contribution in [1.29, 1.82) is 0 Å². The molecule has 1 aromatic carbocycles. The fraction of sp³-hybridized carbons (Fsp3) is 0.312. The molecule has 0 unspecified atom stereocenters. The summed E-state index contributed by atoms with van der Waals surface area (Å²) in [5.74, 6) is 4.66. The molecule has 1 aromatic heterocycles. The number of fused-ring (bicyclic) bond motifs is 1. The van der Waals surface area contributed by atoms with Crippen molar-refractivity contribution in [2.24, 2.45) is 0 Å². The normalized spacial score (nSPS) is 10.7. The van der Waals surface area contributed by atoms with Crippen LogP contribution in [0, 0.1) is 11.8 Å². The summed E-state index contributed by atoms with van der Waals surface area (Å²) in [6.07, 6.45) is -0.575. The Bertz CT molecular complexity index is 906. The van der Waals surface area contributed by atoms with E-state index in [4.69, 9.17) is 4.74 Å². The number of carbonyl (C=O) groups excluding carboxylic acids is 1. The summed E-state index contributed by atoms with van der Waals surface area (Å²) in [6, 6.07) is 4.86. The van der Waals surface area contributed by atoms with Crippen LogP contribution in [0.3, 0.4) is 0 Å². The van der Waals surface area contributed by atoms with E-state index < -0.39 is 23.1 Å². The van der Waals surface area contributed by atoms with E-state index in [1.807, 2.05) is 0 Å². The number of aromatic amines is 1. The molecule has 0 fully saturated rings. The topological polar surface area (TPSA) is 101 Å². The highest BCUT2D eigenvalue weighted by atomic mass is 16.6. The fourth-order valence-electron chi connectivity index (χ4n) is 1.82. The van der Waals surface area contributed by atoms with Gasteiger partial charge in [-0.3, -0.25) is 4.98 Å². The highest BCUT2D eigenvalue weighted by Gasteiger charge is 2.15. The Balaban J connectivity index is 2.17. The van der Waals surface area contributed by atoms with Crippen molar-refractivity contribution in [3.63, 3.8) is 0 Å². The first-order chi connectivity index (χ1) is 10.8. The lowest BCUT2D eigenvalue weighted by molar-refractivity contribution is 0.0535. The van der Waals surface area contributed by atoms with Crippen molar-refractivity contribution < 1.29 is 13.9 Å². The van der Waals surface area contributed by atoms with Crippen molar-refractivity contribution >= 4 is 17.0 Å². The van der Waals surface area contributed by atoms with Gasteiger partial charge in [0.2, 0.25) is 0 Å². The van der Waals surface area contributed by atoms with Crippen molar-refractivity contribution in [2.75, 3.05) is 6.54 Å². The molecule has 0 spiro atoms. The lowest BCUT2D eigenvalue weighted by Crippen LogP contribution is -2.32. The van der Waals surface area contributed by atoms with Gasteiger partial charge in [-0.05, 0) is 32.9 Å². The molecule has 0 aliphatic carbocycles. The molecule has 0 bridgehead atoms. The Hall–Kier alpha value is -3.01. The van der Waals surface area contributed by atoms with Gasteiger partial charge in [-0.25, -0.2) is 14.4 Å². The van der Waals surface area contributed by atoms with Crippen LogP contribution in [-0.2, 0) is 4.74 Å². The SMILES string of the molecule is CC(C)(C)OC(=O)NCC#Cc1cccc2[nH]c(=O)oc(=O)c12. The highest BCUT2D eigenvalue weighted by Crippen LogP contribution is 2.10. The van der Waals surface area contributed by atoms with Crippen LogP contribution in [0.4, 0.5) is 4.79 Å². The number of hydrogen-bond acceptors (Lipinski definition) is 5. The van der Waals surface area contributed by atoms with E-state index in [9.17, 15) is 14.4 Å². The summed E-state index contributed by atoms with van der Waals surface area (Å²) in [6.45, 7) is 5.33. The summed E-state index contributed by atoms with van der Waals surface area (Å²) in [5.41, 5.74) is -0.594. The van der Waals surface area contributed by atoms with Gasteiger partial charge >= 0.3 is 17.5 Å². The number of alkyl carbamates (subject to hydrolysis) is 1. The number of aromatic nitrogens is 1. The lowest BCUT2D eigenvalue weighted by atomic mass is 10.1. The molecular formula is C16H16N2O5. The third-order valence-corrected chi connectivity index (χ3v) is 2.63. The Morgan fingerprint density at radius 1 is 1.35 bits per heavy atom. The van der Waals surface area contributed by atoms with E-state index in [2.05, 4.69) is 26.6 Å². The van der Waals surface area contributed by atoms with Gasteiger partial charge in [0, 0.05) is 5.56 Å². The van der Waals surface area contributed by atoms with E-state index in [1.165, 1.54) is 0 Å². The zero-order valence-corrected chi connectivity index (χ0v) is 13.0. The van der Waals surface area contributed by atoms with Gasteiger partial charge < -0.3 is 14.5 Å². The Morgan fingerprint density at radius 3 is 2.78 bits per heavy atom. The molecule has 0 aliphatic heterocycles. The van der Waals surface area contributed by atoms with Crippen LogP contribution in [0.2, 0.25) is 0 Å². The zero-order valence-electron chi connectivity index (χ0n) is 13.0. The molecular weight excluding hydrogens is 300 g/mol. The number of benzene rings is 1. The Kier molecular flexibility index (Phi) is 4.55. The minimum Gasteiger partial charge on any atom is -0.444 e. The maximum atomic E-state index is 11.8. The van der Waals surface area contributed by atoms with Crippen LogP contribution in [0.15, 0.2) is 32.2 Å². The molecule has 0 aliphatic rings. The molecule has 1 amide bonds. The summed E-state index contributed by atoms with van der Waals surface area (Å²) >= 11 is 0. The third kappa shape index (κ3) is 4.48. The first kappa shape index (κ1) is 16.4. The van der Waals surface area contributed by atoms with Gasteiger partial charge in [-0.15, -0.1) is 0 Å². The minimum atomic E-state index is -0.820. The quantitative estimate of drug-likeness (QED) is 0.774. The highest BCUT2D eigenvalue weighted by molar-refractivity contribution is 5.83. The van der Waals surface area contributed by atoms with Crippen molar-refractivity contribution in [1.82, 2.24) is 10.3 Å². The number of carbonyl (C=O) groups is 1. The average Bonchev–Trinajstić information content (AvgIpc) is 2.41. The van der Waals surface area contributed by atoms with E-state index in [-0.39, 0.29) is 11.9 Å². The summed E-state index contributed by atoms with van der Waals surface area (Å²) in [4.78, 5) is 36.8. The van der Waals surface area contributed by atoms with Crippen LogP contribution >= 0.6 is 0 Å². The van der Waals surface area contributed by atoms with E-state index >= 15 is 0 Å². The number of ether oxygens (including phenoxy) is 1. The number of hydrogen-bond donors (Lipinski definition) is 2. The minimum absolute atomic E-state index is 0.0555. The smallest absolute Gasteiger partial charge is 0.419 e. The maximum absolute atomic E-state index is 11.8. The molecule has 1 heterocycles. The van der Waals surface area contributed by atoms with Crippen LogP contribution in [0.25, 0.3) is 10.9 Å². The predicted molar refractivity (Wildman–Crippen MR) is 84.2 cm³/mol. The van der Waals surface area contributed by atoms with Crippen LogP contribution in [0.5, 0.6) is 0 Å². The van der Waals surface area contributed by atoms with Crippen LogP contribution in [-0.4, -0.2) is 23.2 Å². The Labute approximate surface area is 131 Å². The molecule has 0 saturated carbocycles. The third-order valence-electron chi connectivity index (χ3n) is 2.63. The number of rotatable bonds is 1. The van der Waals surface area contributed by atoms with Gasteiger partial charge in [0.25, 0.3) is 0 Å².